The number of piperidine rings is 1. The van der Waals surface area contributed by atoms with Gasteiger partial charge in [-0.15, -0.1) is 0 Å². The first-order chi connectivity index (χ1) is 12.1. The van der Waals surface area contributed by atoms with Crippen LogP contribution >= 0.6 is 0 Å². The zero-order chi connectivity index (χ0) is 17.8. The molecule has 132 valence electrons. The highest BCUT2D eigenvalue weighted by molar-refractivity contribution is 5.82. The fourth-order valence-corrected chi connectivity index (χ4v) is 3.62. The van der Waals surface area contributed by atoms with Gasteiger partial charge in [0.1, 0.15) is 0 Å². The SMILES string of the molecule is Cc1ccccc1[C@@H]1[C@@H](C(=O)O)CCC(=O)N1CCCn1ccnc1. The van der Waals surface area contributed by atoms with Crippen molar-refractivity contribution in [3.8, 4) is 0 Å². The molecule has 2 heterocycles. The molecule has 0 saturated carbocycles. The van der Waals surface area contributed by atoms with E-state index >= 15 is 0 Å². The van der Waals surface area contributed by atoms with Gasteiger partial charge >= 0.3 is 5.97 Å². The number of aromatic nitrogens is 2. The topological polar surface area (TPSA) is 75.4 Å². The number of benzene rings is 1. The van der Waals surface area contributed by atoms with Gasteiger partial charge in [-0.2, -0.15) is 0 Å². The third-order valence-electron chi connectivity index (χ3n) is 4.91. The largest absolute Gasteiger partial charge is 0.481 e. The number of rotatable bonds is 6. The van der Waals surface area contributed by atoms with Crippen molar-refractivity contribution in [1.29, 1.82) is 0 Å². The van der Waals surface area contributed by atoms with Crippen molar-refractivity contribution in [2.75, 3.05) is 6.54 Å². The average molecular weight is 341 g/mol. The summed E-state index contributed by atoms with van der Waals surface area (Å²) in [5.74, 6) is -1.36. The molecule has 0 bridgehead atoms. The first kappa shape index (κ1) is 17.2. The van der Waals surface area contributed by atoms with E-state index in [1.165, 1.54) is 0 Å². The minimum Gasteiger partial charge on any atom is -0.481 e. The predicted octanol–water partition coefficient (Wildman–Crippen LogP) is 2.65. The van der Waals surface area contributed by atoms with Crippen molar-refractivity contribution >= 4 is 11.9 Å². The van der Waals surface area contributed by atoms with Gasteiger partial charge in [-0.3, -0.25) is 9.59 Å². The van der Waals surface area contributed by atoms with Crippen molar-refractivity contribution in [1.82, 2.24) is 14.5 Å². The highest BCUT2D eigenvalue weighted by Gasteiger charge is 2.40. The van der Waals surface area contributed by atoms with Crippen LogP contribution in [0.4, 0.5) is 0 Å². The normalized spacial score (nSPS) is 20.7. The van der Waals surface area contributed by atoms with Crippen molar-refractivity contribution in [2.45, 2.75) is 38.8 Å². The van der Waals surface area contributed by atoms with E-state index in [1.54, 1.807) is 17.4 Å². The molecule has 3 rings (SSSR count). The monoisotopic (exact) mass is 341 g/mol. The van der Waals surface area contributed by atoms with Gasteiger partial charge in [0.15, 0.2) is 0 Å². The van der Waals surface area contributed by atoms with E-state index in [4.69, 9.17) is 0 Å². The van der Waals surface area contributed by atoms with Crippen LogP contribution in [0.25, 0.3) is 0 Å². The van der Waals surface area contributed by atoms with Crippen LogP contribution < -0.4 is 0 Å². The third kappa shape index (κ3) is 3.73. The molecule has 6 nitrogen and oxygen atoms in total. The second-order valence-corrected chi connectivity index (χ2v) is 6.53. The van der Waals surface area contributed by atoms with E-state index in [2.05, 4.69) is 4.98 Å². The van der Waals surface area contributed by atoms with Crippen LogP contribution in [0.3, 0.4) is 0 Å². The number of aryl methyl sites for hydroxylation is 2. The van der Waals surface area contributed by atoms with Gasteiger partial charge in [0.2, 0.25) is 5.91 Å². The lowest BCUT2D eigenvalue weighted by molar-refractivity contribution is -0.152. The molecule has 2 atom stereocenters. The molecule has 0 unspecified atom stereocenters. The maximum Gasteiger partial charge on any atom is 0.308 e. The minimum atomic E-state index is -0.833. The van der Waals surface area contributed by atoms with Crippen LogP contribution in [-0.2, 0) is 16.1 Å². The summed E-state index contributed by atoms with van der Waals surface area (Å²) < 4.78 is 1.96. The number of imidazole rings is 1. The molecule has 1 aromatic carbocycles. The summed E-state index contributed by atoms with van der Waals surface area (Å²) in [6.45, 7) is 3.26. The Morgan fingerprint density at radius 1 is 1.32 bits per heavy atom. The minimum absolute atomic E-state index is 0.0383. The van der Waals surface area contributed by atoms with Crippen molar-refractivity contribution < 1.29 is 14.7 Å². The molecule has 6 heteroatoms. The van der Waals surface area contributed by atoms with E-state index < -0.39 is 17.9 Å². The lowest BCUT2D eigenvalue weighted by atomic mass is 9.82. The Hall–Kier alpha value is -2.63. The van der Waals surface area contributed by atoms with Crippen molar-refractivity contribution in [3.63, 3.8) is 0 Å². The molecule has 1 aromatic heterocycles. The number of hydrogen-bond donors (Lipinski definition) is 1. The predicted molar refractivity (Wildman–Crippen MR) is 92.8 cm³/mol. The Kier molecular flexibility index (Phi) is 5.16. The molecule has 1 fully saturated rings. The van der Waals surface area contributed by atoms with Gasteiger partial charge in [0.05, 0.1) is 18.3 Å². The van der Waals surface area contributed by atoms with Crippen LogP contribution in [0, 0.1) is 12.8 Å². The van der Waals surface area contributed by atoms with E-state index in [0.717, 1.165) is 24.1 Å². The Labute approximate surface area is 147 Å². The number of carboxylic acids is 1. The summed E-state index contributed by atoms with van der Waals surface area (Å²) in [6, 6.07) is 7.35. The summed E-state index contributed by atoms with van der Waals surface area (Å²) in [7, 11) is 0. The summed E-state index contributed by atoms with van der Waals surface area (Å²) in [5, 5.41) is 9.69. The van der Waals surface area contributed by atoms with E-state index in [0.29, 0.717) is 19.4 Å². The second kappa shape index (κ2) is 7.51. The average Bonchev–Trinajstić information content (AvgIpc) is 3.10. The summed E-state index contributed by atoms with van der Waals surface area (Å²) >= 11 is 0. The zero-order valence-corrected chi connectivity index (χ0v) is 14.3. The standard InChI is InChI=1S/C19H23N3O3/c1-14-5-2-3-6-15(14)18-16(19(24)25)7-8-17(23)22(18)11-4-10-21-12-9-20-13-21/h2-3,5-6,9,12-13,16,18H,4,7-8,10-11H2,1H3,(H,24,25)/t16-,18+/m0/s1. The molecule has 0 aliphatic carbocycles. The molecule has 0 radical (unpaired) electrons. The Morgan fingerprint density at radius 3 is 2.80 bits per heavy atom. The molecule has 0 spiro atoms. The van der Waals surface area contributed by atoms with Crippen LogP contribution in [0.1, 0.15) is 36.4 Å². The van der Waals surface area contributed by atoms with Crippen LogP contribution in [-0.4, -0.2) is 38.0 Å². The zero-order valence-electron chi connectivity index (χ0n) is 14.3. The number of carbonyl (C=O) groups is 2. The fraction of sp³-hybridized carbons (Fsp3) is 0.421. The Balaban J connectivity index is 1.84. The van der Waals surface area contributed by atoms with Gasteiger partial charge in [0.25, 0.3) is 0 Å². The number of carboxylic acid groups (broad SMARTS) is 1. The second-order valence-electron chi connectivity index (χ2n) is 6.53. The molecule has 2 aromatic rings. The number of aliphatic carboxylic acids is 1. The molecule has 25 heavy (non-hydrogen) atoms. The van der Waals surface area contributed by atoms with Crippen molar-refractivity contribution in [2.24, 2.45) is 5.92 Å². The first-order valence-corrected chi connectivity index (χ1v) is 8.61. The molecule has 1 N–H and O–H groups in total. The van der Waals surface area contributed by atoms with E-state index in [9.17, 15) is 14.7 Å². The lowest BCUT2D eigenvalue weighted by Crippen LogP contribution is -2.46. The smallest absolute Gasteiger partial charge is 0.308 e. The van der Waals surface area contributed by atoms with Crippen LogP contribution in [0.5, 0.6) is 0 Å². The number of hydrogen-bond acceptors (Lipinski definition) is 3. The molecule has 1 aliphatic heterocycles. The Morgan fingerprint density at radius 2 is 2.12 bits per heavy atom. The molecular formula is C19H23N3O3. The van der Waals surface area contributed by atoms with Gasteiger partial charge in [-0.1, -0.05) is 24.3 Å². The molecular weight excluding hydrogens is 318 g/mol. The number of carbonyl (C=O) groups excluding carboxylic acids is 1. The number of likely N-dealkylation sites (tertiary alicyclic amines) is 1. The van der Waals surface area contributed by atoms with Gasteiger partial charge in [-0.25, -0.2) is 4.98 Å². The number of nitrogens with zero attached hydrogens (tertiary/aromatic N) is 3. The highest BCUT2D eigenvalue weighted by Crippen LogP contribution is 2.38. The van der Waals surface area contributed by atoms with Crippen molar-refractivity contribution in [3.05, 3.63) is 54.1 Å². The third-order valence-corrected chi connectivity index (χ3v) is 4.91. The lowest BCUT2D eigenvalue weighted by Gasteiger charge is -2.40. The highest BCUT2D eigenvalue weighted by atomic mass is 16.4. The molecule has 1 saturated heterocycles. The quantitative estimate of drug-likeness (QED) is 0.876. The van der Waals surface area contributed by atoms with E-state index in [1.807, 2.05) is 42.0 Å². The fourth-order valence-electron chi connectivity index (χ4n) is 3.62. The molecule has 1 aliphatic rings. The van der Waals surface area contributed by atoms with Gasteiger partial charge < -0.3 is 14.6 Å². The first-order valence-electron chi connectivity index (χ1n) is 8.61. The number of amides is 1. The van der Waals surface area contributed by atoms with Gasteiger partial charge in [-0.05, 0) is 30.9 Å². The summed E-state index contributed by atoms with van der Waals surface area (Å²) in [5.41, 5.74) is 1.96. The Bertz CT molecular complexity index is 742. The maximum atomic E-state index is 12.6. The van der Waals surface area contributed by atoms with Crippen LogP contribution in [0.15, 0.2) is 43.0 Å². The van der Waals surface area contributed by atoms with Gasteiger partial charge in [0, 0.05) is 31.9 Å². The summed E-state index contributed by atoms with van der Waals surface area (Å²) in [4.78, 5) is 30.2. The molecule has 1 amide bonds. The van der Waals surface area contributed by atoms with E-state index in [-0.39, 0.29) is 5.91 Å². The maximum absolute atomic E-state index is 12.6. The van der Waals surface area contributed by atoms with Crippen LogP contribution in [0.2, 0.25) is 0 Å². The summed E-state index contributed by atoms with van der Waals surface area (Å²) in [6.07, 6.45) is 6.81.